The zero-order chi connectivity index (χ0) is 23.0. The number of morpholine rings is 1. The molecule has 0 saturated carbocycles. The van der Waals surface area contributed by atoms with Crippen molar-refractivity contribution in [2.75, 3.05) is 51.3 Å². The molecule has 0 atom stereocenters. The van der Waals surface area contributed by atoms with Crippen LogP contribution in [0.2, 0.25) is 0 Å². The summed E-state index contributed by atoms with van der Waals surface area (Å²) < 4.78 is 5.41. The van der Waals surface area contributed by atoms with Gasteiger partial charge in [-0.2, -0.15) is 4.99 Å². The summed E-state index contributed by atoms with van der Waals surface area (Å²) in [5.74, 6) is 1.22. The summed E-state index contributed by atoms with van der Waals surface area (Å²) in [5.41, 5.74) is 4.53. The van der Waals surface area contributed by atoms with E-state index in [0.717, 1.165) is 76.7 Å². The molecule has 9 heteroatoms. The highest BCUT2D eigenvalue weighted by atomic mass is 32.1. The molecular formula is C24H33N7OS. The molecule has 1 fully saturated rings. The Kier molecular flexibility index (Phi) is 8.20. The lowest BCUT2D eigenvalue weighted by Crippen LogP contribution is -2.42. The lowest BCUT2D eigenvalue weighted by molar-refractivity contribution is 0.0376. The Bertz CT molecular complexity index is 970. The van der Waals surface area contributed by atoms with Gasteiger partial charge < -0.3 is 15.0 Å². The minimum absolute atomic E-state index is 0.475. The zero-order valence-electron chi connectivity index (χ0n) is 19.5. The lowest BCUT2D eigenvalue weighted by Gasteiger charge is -2.31. The van der Waals surface area contributed by atoms with Crippen LogP contribution in [0.25, 0.3) is 0 Å². The third-order valence-electron chi connectivity index (χ3n) is 5.87. The molecule has 0 aliphatic carbocycles. The van der Waals surface area contributed by atoms with E-state index in [2.05, 4.69) is 54.7 Å². The number of aryl methyl sites for hydroxylation is 2. The van der Waals surface area contributed by atoms with Crippen LogP contribution < -0.4 is 10.6 Å². The number of thiocarbonyl (C=S) groups is 1. The molecule has 2 aromatic rings. The molecule has 1 aromatic heterocycles. The van der Waals surface area contributed by atoms with Gasteiger partial charge in [-0.1, -0.05) is 24.3 Å². The van der Waals surface area contributed by atoms with Crippen molar-refractivity contribution in [2.24, 2.45) is 4.99 Å². The smallest absolute Gasteiger partial charge is 0.229 e. The van der Waals surface area contributed by atoms with Crippen LogP contribution in [-0.4, -0.2) is 76.8 Å². The molecule has 1 saturated heterocycles. The van der Waals surface area contributed by atoms with Crippen LogP contribution in [0.15, 0.2) is 35.3 Å². The average Bonchev–Trinajstić information content (AvgIpc) is 2.81. The van der Waals surface area contributed by atoms with Gasteiger partial charge in [-0.3, -0.25) is 10.2 Å². The van der Waals surface area contributed by atoms with E-state index in [1.54, 1.807) is 0 Å². The van der Waals surface area contributed by atoms with Gasteiger partial charge in [0, 0.05) is 44.1 Å². The Labute approximate surface area is 201 Å². The summed E-state index contributed by atoms with van der Waals surface area (Å²) in [6.45, 7) is 11.0. The fourth-order valence-corrected chi connectivity index (χ4v) is 4.38. The summed E-state index contributed by atoms with van der Waals surface area (Å²) >= 11 is 5.58. The number of hydrogen-bond donors (Lipinski definition) is 2. The number of anilines is 1. The molecule has 2 aliphatic heterocycles. The molecule has 2 aliphatic rings. The molecule has 1 aromatic carbocycles. The Hall–Kier alpha value is -2.62. The van der Waals surface area contributed by atoms with Gasteiger partial charge in [0.25, 0.3) is 0 Å². The van der Waals surface area contributed by atoms with Crippen molar-refractivity contribution in [3.05, 3.63) is 52.8 Å². The van der Waals surface area contributed by atoms with Crippen molar-refractivity contribution < 1.29 is 4.74 Å². The van der Waals surface area contributed by atoms with Crippen LogP contribution in [0, 0.1) is 13.8 Å². The minimum Gasteiger partial charge on any atom is -0.379 e. The summed E-state index contributed by atoms with van der Waals surface area (Å²) in [6.07, 6.45) is 1.97. The van der Waals surface area contributed by atoms with E-state index < -0.39 is 0 Å². The first-order valence-electron chi connectivity index (χ1n) is 11.6. The van der Waals surface area contributed by atoms with Crippen LogP contribution in [0.1, 0.15) is 28.9 Å². The Morgan fingerprint density at radius 1 is 1.09 bits per heavy atom. The highest BCUT2D eigenvalue weighted by molar-refractivity contribution is 7.80. The van der Waals surface area contributed by atoms with E-state index >= 15 is 0 Å². The summed E-state index contributed by atoms with van der Waals surface area (Å²) in [5, 5.41) is 7.11. The topological polar surface area (TPSA) is 77.9 Å². The van der Waals surface area contributed by atoms with Gasteiger partial charge in [-0.25, -0.2) is 9.97 Å². The molecule has 0 spiro atoms. The molecule has 176 valence electrons. The van der Waals surface area contributed by atoms with Gasteiger partial charge in [-0.15, -0.1) is 0 Å². The van der Waals surface area contributed by atoms with Crippen LogP contribution in [0.4, 0.5) is 5.95 Å². The van der Waals surface area contributed by atoms with E-state index in [0.29, 0.717) is 17.0 Å². The number of aliphatic imine (C=N–C) groups is 1. The third kappa shape index (κ3) is 6.93. The molecule has 0 amide bonds. The molecule has 8 nitrogen and oxygen atoms in total. The van der Waals surface area contributed by atoms with E-state index in [1.165, 1.54) is 11.1 Å². The molecule has 0 bridgehead atoms. The summed E-state index contributed by atoms with van der Waals surface area (Å²) in [6, 6.07) is 10.5. The van der Waals surface area contributed by atoms with Gasteiger partial charge in [0.1, 0.15) is 0 Å². The van der Waals surface area contributed by atoms with Crippen molar-refractivity contribution in [2.45, 2.75) is 33.2 Å². The number of guanidine groups is 1. The number of benzene rings is 1. The lowest BCUT2D eigenvalue weighted by atomic mass is 10.0. The second-order valence-electron chi connectivity index (χ2n) is 8.51. The summed E-state index contributed by atoms with van der Waals surface area (Å²) in [7, 11) is 0. The van der Waals surface area contributed by atoms with Crippen LogP contribution >= 0.6 is 12.2 Å². The highest BCUT2D eigenvalue weighted by Gasteiger charge is 2.20. The van der Waals surface area contributed by atoms with Crippen molar-refractivity contribution in [3.63, 3.8) is 0 Å². The van der Waals surface area contributed by atoms with Gasteiger partial charge in [0.05, 0.1) is 13.2 Å². The van der Waals surface area contributed by atoms with Crippen molar-refractivity contribution in [3.8, 4) is 0 Å². The minimum atomic E-state index is 0.475. The van der Waals surface area contributed by atoms with E-state index in [1.807, 2.05) is 19.9 Å². The number of ether oxygens (including phenoxy) is 1. The number of aromatic nitrogens is 2. The van der Waals surface area contributed by atoms with Gasteiger partial charge in [0.15, 0.2) is 5.11 Å². The summed E-state index contributed by atoms with van der Waals surface area (Å²) in [4.78, 5) is 18.5. The molecule has 3 heterocycles. The Balaban J connectivity index is 1.42. The normalized spacial score (nSPS) is 16.9. The third-order valence-corrected chi connectivity index (χ3v) is 6.11. The van der Waals surface area contributed by atoms with Crippen molar-refractivity contribution in [1.82, 2.24) is 25.1 Å². The maximum absolute atomic E-state index is 5.58. The fraction of sp³-hybridized carbons (Fsp3) is 0.500. The zero-order valence-corrected chi connectivity index (χ0v) is 20.3. The van der Waals surface area contributed by atoms with Crippen molar-refractivity contribution in [1.29, 1.82) is 0 Å². The first kappa shape index (κ1) is 23.5. The standard InChI is InChI=1S/C24H33N7OS/c1-18-16-19(2)27-22(26-18)28-23(31-11-8-20-6-3-4-7-21(20)17-31)29-24(33)25-9-5-10-30-12-14-32-15-13-30/h3-4,6-7,16H,5,8-15,17H2,1-2H3,(H2,25,26,27,28,29,33). The average molecular weight is 468 g/mol. The molecule has 0 unspecified atom stereocenters. The first-order chi connectivity index (χ1) is 16.1. The Morgan fingerprint density at radius 3 is 2.58 bits per heavy atom. The molecular weight excluding hydrogens is 434 g/mol. The highest BCUT2D eigenvalue weighted by Crippen LogP contribution is 2.19. The largest absolute Gasteiger partial charge is 0.379 e. The maximum atomic E-state index is 5.58. The van der Waals surface area contributed by atoms with Gasteiger partial charge in [-0.05, 0) is 62.6 Å². The predicted molar refractivity (Wildman–Crippen MR) is 136 cm³/mol. The predicted octanol–water partition coefficient (Wildman–Crippen LogP) is 2.52. The monoisotopic (exact) mass is 467 g/mol. The first-order valence-corrected chi connectivity index (χ1v) is 12.1. The van der Waals surface area contributed by atoms with Crippen LogP contribution in [0.5, 0.6) is 0 Å². The van der Waals surface area contributed by atoms with E-state index in [9.17, 15) is 0 Å². The second-order valence-corrected chi connectivity index (χ2v) is 8.90. The van der Waals surface area contributed by atoms with E-state index in [-0.39, 0.29) is 0 Å². The van der Waals surface area contributed by atoms with E-state index in [4.69, 9.17) is 21.9 Å². The molecule has 0 radical (unpaired) electrons. The van der Waals surface area contributed by atoms with Gasteiger partial charge >= 0.3 is 0 Å². The number of fused-ring (bicyclic) bond motifs is 1. The maximum Gasteiger partial charge on any atom is 0.229 e. The molecule has 4 rings (SSSR count). The van der Waals surface area contributed by atoms with Gasteiger partial charge in [0.2, 0.25) is 11.9 Å². The number of rotatable bonds is 5. The quantitative estimate of drug-likeness (QED) is 0.301. The Morgan fingerprint density at radius 2 is 1.82 bits per heavy atom. The molecule has 33 heavy (non-hydrogen) atoms. The van der Waals surface area contributed by atoms with Crippen LogP contribution in [0.3, 0.4) is 0 Å². The van der Waals surface area contributed by atoms with Crippen molar-refractivity contribution >= 4 is 29.2 Å². The number of nitrogens with one attached hydrogen (secondary N) is 2. The number of nitrogens with zero attached hydrogens (tertiary/aromatic N) is 5. The fourth-order valence-electron chi connectivity index (χ4n) is 4.19. The van der Waals surface area contributed by atoms with Crippen LogP contribution in [-0.2, 0) is 17.7 Å². The SMILES string of the molecule is Cc1cc(C)nc(N/C(=N/C(=S)NCCCN2CCOCC2)N2CCc3ccccc3C2)n1. The number of hydrogen-bond acceptors (Lipinski definition) is 5. The molecule has 2 N–H and O–H groups in total. The second kappa shape index (κ2) is 11.5.